The van der Waals surface area contributed by atoms with Gasteiger partial charge in [0.05, 0.1) is 0 Å². The van der Waals surface area contributed by atoms with Gasteiger partial charge in [-0.2, -0.15) is 0 Å². The Morgan fingerprint density at radius 3 is 2.31 bits per heavy atom. The fraction of sp³-hybridized carbons (Fsp3) is 0.300. The number of benzene rings is 1. The summed E-state index contributed by atoms with van der Waals surface area (Å²) >= 11 is 0. The highest BCUT2D eigenvalue weighted by Crippen LogP contribution is 2.08. The topological polar surface area (TPSA) is 43.1 Å². The van der Waals surface area contributed by atoms with Crippen molar-refractivity contribution in [3.05, 3.63) is 35.1 Å². The molecule has 2 nitrogen and oxygen atoms in total. The number of aryl methyl sites for hydroxylation is 1. The molecular weight excluding hydrogens is 169 g/mol. The molecule has 0 aliphatic carbocycles. The normalized spacial score (nSPS) is 8.62. The number of hydrogen-bond donors (Lipinski definition) is 1. The number of halogens is 1. The van der Waals surface area contributed by atoms with Crippen LogP contribution in [0.4, 0.5) is 4.39 Å². The molecule has 0 unspecified atom stereocenters. The van der Waals surface area contributed by atoms with Gasteiger partial charge in [0.2, 0.25) is 5.91 Å². The van der Waals surface area contributed by atoms with Crippen LogP contribution in [0, 0.1) is 12.7 Å². The summed E-state index contributed by atoms with van der Waals surface area (Å²) in [5.41, 5.74) is 5.91. The molecule has 0 spiro atoms. The third kappa shape index (κ3) is 3.23. The fourth-order valence-corrected chi connectivity index (χ4v) is 0.860. The van der Waals surface area contributed by atoms with Gasteiger partial charge in [-0.15, -0.1) is 0 Å². The van der Waals surface area contributed by atoms with E-state index < -0.39 is 11.7 Å². The molecule has 0 heterocycles. The second-order valence-electron chi connectivity index (χ2n) is 2.32. The van der Waals surface area contributed by atoms with E-state index in [2.05, 4.69) is 0 Å². The van der Waals surface area contributed by atoms with Crippen molar-refractivity contribution < 1.29 is 9.18 Å². The van der Waals surface area contributed by atoms with Crippen molar-refractivity contribution in [1.82, 2.24) is 0 Å². The molecule has 1 rings (SSSR count). The van der Waals surface area contributed by atoms with Crippen LogP contribution in [0.5, 0.6) is 0 Å². The van der Waals surface area contributed by atoms with Crippen LogP contribution in [0.3, 0.4) is 0 Å². The lowest BCUT2D eigenvalue weighted by Gasteiger charge is -1.99. The number of primary amides is 1. The van der Waals surface area contributed by atoms with Crippen molar-refractivity contribution in [3.63, 3.8) is 0 Å². The standard InChI is InChI=1S/C8H8FNO.C2H6/c1-5-2-3-6(9)4-7(5)8(10)11;1-2/h2-4H,1H3,(H2,10,11);1-2H3. The maximum atomic E-state index is 12.5. The van der Waals surface area contributed by atoms with E-state index in [0.717, 1.165) is 6.07 Å². The Balaban J connectivity index is 0.000000671. The van der Waals surface area contributed by atoms with Crippen LogP contribution in [-0.4, -0.2) is 5.91 Å². The minimum Gasteiger partial charge on any atom is -0.366 e. The Morgan fingerprint density at radius 1 is 1.38 bits per heavy atom. The second kappa shape index (κ2) is 5.30. The maximum absolute atomic E-state index is 12.5. The Bertz CT molecular complexity index is 297. The van der Waals surface area contributed by atoms with Gasteiger partial charge in [0.25, 0.3) is 0 Å². The minimum absolute atomic E-state index is 0.241. The van der Waals surface area contributed by atoms with E-state index >= 15 is 0 Å². The zero-order valence-corrected chi connectivity index (χ0v) is 8.10. The Hall–Kier alpha value is -1.38. The quantitative estimate of drug-likeness (QED) is 0.713. The van der Waals surface area contributed by atoms with Crippen LogP contribution in [0.1, 0.15) is 29.8 Å². The first-order valence-corrected chi connectivity index (χ1v) is 4.17. The molecule has 13 heavy (non-hydrogen) atoms. The predicted molar refractivity (Wildman–Crippen MR) is 51.0 cm³/mol. The number of amides is 1. The maximum Gasteiger partial charge on any atom is 0.249 e. The molecule has 1 aromatic rings. The zero-order valence-electron chi connectivity index (χ0n) is 8.10. The van der Waals surface area contributed by atoms with Gasteiger partial charge in [-0.1, -0.05) is 19.9 Å². The molecule has 3 heteroatoms. The van der Waals surface area contributed by atoms with E-state index in [0.29, 0.717) is 5.56 Å². The lowest BCUT2D eigenvalue weighted by molar-refractivity contribution is 0.0999. The summed E-state index contributed by atoms with van der Waals surface area (Å²) in [4.78, 5) is 10.6. The fourth-order valence-electron chi connectivity index (χ4n) is 0.860. The monoisotopic (exact) mass is 183 g/mol. The second-order valence-corrected chi connectivity index (χ2v) is 2.32. The number of carbonyl (C=O) groups excluding carboxylic acids is 1. The average molecular weight is 183 g/mol. The van der Waals surface area contributed by atoms with Gasteiger partial charge in [-0.3, -0.25) is 4.79 Å². The van der Waals surface area contributed by atoms with Crippen molar-refractivity contribution in [3.8, 4) is 0 Å². The number of hydrogen-bond acceptors (Lipinski definition) is 1. The highest BCUT2D eigenvalue weighted by Gasteiger charge is 2.04. The molecule has 0 radical (unpaired) electrons. The van der Waals surface area contributed by atoms with Crippen molar-refractivity contribution in [1.29, 1.82) is 0 Å². The third-order valence-electron chi connectivity index (χ3n) is 1.47. The largest absolute Gasteiger partial charge is 0.366 e. The van der Waals surface area contributed by atoms with Crippen LogP contribution >= 0.6 is 0 Å². The smallest absolute Gasteiger partial charge is 0.249 e. The van der Waals surface area contributed by atoms with Gasteiger partial charge < -0.3 is 5.73 Å². The van der Waals surface area contributed by atoms with Crippen molar-refractivity contribution in [2.45, 2.75) is 20.8 Å². The summed E-state index contributed by atoms with van der Waals surface area (Å²) in [5, 5.41) is 0. The number of carbonyl (C=O) groups is 1. The third-order valence-corrected chi connectivity index (χ3v) is 1.47. The first kappa shape index (κ1) is 11.6. The molecule has 1 aromatic carbocycles. The van der Waals surface area contributed by atoms with Gasteiger partial charge in [0.15, 0.2) is 0 Å². The van der Waals surface area contributed by atoms with Crippen LogP contribution in [0.2, 0.25) is 0 Å². The molecule has 0 aliphatic rings. The molecule has 1 amide bonds. The van der Waals surface area contributed by atoms with Crippen molar-refractivity contribution in [2.24, 2.45) is 5.73 Å². The van der Waals surface area contributed by atoms with Crippen LogP contribution in [-0.2, 0) is 0 Å². The molecule has 0 aliphatic heterocycles. The first-order chi connectivity index (χ1) is 6.11. The molecule has 0 saturated carbocycles. The molecule has 72 valence electrons. The lowest BCUT2D eigenvalue weighted by Crippen LogP contribution is -2.12. The first-order valence-electron chi connectivity index (χ1n) is 4.17. The number of nitrogens with two attached hydrogens (primary N) is 1. The van der Waals surface area contributed by atoms with Gasteiger partial charge in [-0.25, -0.2) is 4.39 Å². The van der Waals surface area contributed by atoms with Gasteiger partial charge in [0, 0.05) is 5.56 Å². The Kier molecular flexibility index (Phi) is 4.74. The summed E-state index contributed by atoms with van der Waals surface area (Å²) in [6.45, 7) is 5.71. The average Bonchev–Trinajstić information content (AvgIpc) is 2.12. The zero-order chi connectivity index (χ0) is 10.4. The van der Waals surface area contributed by atoms with Gasteiger partial charge >= 0.3 is 0 Å². The Labute approximate surface area is 77.6 Å². The SMILES string of the molecule is CC.Cc1ccc(F)cc1C(N)=O. The Morgan fingerprint density at radius 2 is 1.92 bits per heavy atom. The minimum atomic E-state index is -0.595. The van der Waals surface area contributed by atoms with Crippen molar-refractivity contribution >= 4 is 5.91 Å². The van der Waals surface area contributed by atoms with Crippen LogP contribution < -0.4 is 5.73 Å². The summed E-state index contributed by atoms with van der Waals surface area (Å²) in [6.07, 6.45) is 0. The van der Waals surface area contributed by atoms with E-state index in [1.54, 1.807) is 6.92 Å². The van der Waals surface area contributed by atoms with E-state index in [4.69, 9.17) is 5.73 Å². The van der Waals surface area contributed by atoms with Crippen LogP contribution in [0.25, 0.3) is 0 Å². The molecule has 0 aromatic heterocycles. The van der Waals surface area contributed by atoms with Gasteiger partial charge in [-0.05, 0) is 24.6 Å². The molecular formula is C10H14FNO. The highest BCUT2D eigenvalue weighted by molar-refractivity contribution is 5.94. The highest BCUT2D eigenvalue weighted by atomic mass is 19.1. The number of rotatable bonds is 1. The van der Waals surface area contributed by atoms with E-state index in [9.17, 15) is 9.18 Å². The summed E-state index contributed by atoms with van der Waals surface area (Å²) < 4.78 is 12.5. The summed E-state index contributed by atoms with van der Waals surface area (Å²) in [7, 11) is 0. The predicted octanol–water partition coefficient (Wildman–Crippen LogP) is 2.26. The summed E-state index contributed by atoms with van der Waals surface area (Å²) in [5.74, 6) is -1.04. The molecule has 0 bridgehead atoms. The lowest BCUT2D eigenvalue weighted by atomic mass is 10.1. The molecule has 0 saturated heterocycles. The summed E-state index contributed by atoms with van der Waals surface area (Å²) in [6, 6.07) is 3.95. The van der Waals surface area contributed by atoms with E-state index in [1.807, 2.05) is 13.8 Å². The molecule has 2 N–H and O–H groups in total. The molecule has 0 fully saturated rings. The van der Waals surface area contributed by atoms with E-state index in [1.165, 1.54) is 12.1 Å². The van der Waals surface area contributed by atoms with E-state index in [-0.39, 0.29) is 5.56 Å². The molecule has 0 atom stereocenters. The van der Waals surface area contributed by atoms with Crippen LogP contribution in [0.15, 0.2) is 18.2 Å². The van der Waals surface area contributed by atoms with Crippen molar-refractivity contribution in [2.75, 3.05) is 0 Å². The van der Waals surface area contributed by atoms with Gasteiger partial charge in [0.1, 0.15) is 5.82 Å².